The number of ether oxygens (including phenoxy) is 3. The summed E-state index contributed by atoms with van der Waals surface area (Å²) < 4.78 is 15.3. The number of carbonyl (C=O) groups is 1. The number of esters is 1. The van der Waals surface area contributed by atoms with Gasteiger partial charge in [-0.2, -0.15) is 0 Å². The van der Waals surface area contributed by atoms with Crippen molar-refractivity contribution in [2.45, 2.75) is 0 Å². The Hall–Kier alpha value is -2.89. The molecule has 6 nitrogen and oxygen atoms in total. The van der Waals surface area contributed by atoms with Crippen molar-refractivity contribution in [1.29, 1.82) is 0 Å². The summed E-state index contributed by atoms with van der Waals surface area (Å²) in [5.74, 6) is -0.461. The van der Waals surface area contributed by atoms with Crippen molar-refractivity contribution in [3.8, 4) is 34.1 Å². The molecule has 0 fully saturated rings. The lowest BCUT2D eigenvalue weighted by atomic mass is 9.98. The Morgan fingerprint density at radius 1 is 0.909 bits per heavy atom. The van der Waals surface area contributed by atoms with Gasteiger partial charge in [0.05, 0.1) is 32.5 Å². The number of rotatable bonds is 4. The molecular formula is C16H16O6. The van der Waals surface area contributed by atoms with E-state index in [4.69, 9.17) is 14.2 Å². The number of hydrogen-bond donors (Lipinski definition) is 2. The number of aromatic hydroxyl groups is 2. The molecule has 0 aliphatic rings. The number of phenols is 2. The minimum absolute atomic E-state index is 0.113. The van der Waals surface area contributed by atoms with Gasteiger partial charge in [-0.1, -0.05) is 6.07 Å². The summed E-state index contributed by atoms with van der Waals surface area (Å²) in [6, 6.07) is 7.36. The van der Waals surface area contributed by atoms with E-state index in [1.54, 1.807) is 0 Å². The van der Waals surface area contributed by atoms with E-state index in [0.29, 0.717) is 5.75 Å². The average Bonchev–Trinajstić information content (AvgIpc) is 2.53. The molecule has 2 rings (SSSR count). The second kappa shape index (κ2) is 6.26. The SMILES string of the molecule is COC(=O)c1ccc(OC)c(-c2c(O)cccc2O)c1OC. The second-order valence-electron chi connectivity index (χ2n) is 4.39. The lowest BCUT2D eigenvalue weighted by Gasteiger charge is -2.17. The van der Waals surface area contributed by atoms with Crippen LogP contribution in [-0.2, 0) is 4.74 Å². The summed E-state index contributed by atoms with van der Waals surface area (Å²) in [4.78, 5) is 11.9. The Balaban J connectivity index is 2.86. The first kappa shape index (κ1) is 15.5. The maximum Gasteiger partial charge on any atom is 0.341 e. The summed E-state index contributed by atoms with van der Waals surface area (Å²) in [6.45, 7) is 0. The molecule has 0 aliphatic carbocycles. The maximum absolute atomic E-state index is 11.9. The second-order valence-corrected chi connectivity index (χ2v) is 4.39. The number of methoxy groups -OCH3 is 3. The molecule has 0 atom stereocenters. The van der Waals surface area contributed by atoms with E-state index < -0.39 is 5.97 Å². The van der Waals surface area contributed by atoms with Crippen LogP contribution in [0.1, 0.15) is 10.4 Å². The van der Waals surface area contributed by atoms with Crippen LogP contribution in [0, 0.1) is 0 Å². The summed E-state index contributed by atoms with van der Waals surface area (Å²) in [5, 5.41) is 20.2. The summed E-state index contributed by atoms with van der Waals surface area (Å²) in [6.07, 6.45) is 0. The normalized spacial score (nSPS) is 10.1. The van der Waals surface area contributed by atoms with Crippen LogP contribution < -0.4 is 9.47 Å². The Morgan fingerprint density at radius 3 is 2.05 bits per heavy atom. The third-order valence-corrected chi connectivity index (χ3v) is 3.22. The zero-order valence-corrected chi connectivity index (χ0v) is 12.4. The van der Waals surface area contributed by atoms with Crippen molar-refractivity contribution >= 4 is 5.97 Å². The van der Waals surface area contributed by atoms with Gasteiger partial charge in [0.1, 0.15) is 28.6 Å². The zero-order valence-electron chi connectivity index (χ0n) is 12.4. The fourth-order valence-corrected chi connectivity index (χ4v) is 2.24. The summed E-state index contributed by atoms with van der Waals surface area (Å²) >= 11 is 0. The van der Waals surface area contributed by atoms with Crippen LogP contribution >= 0.6 is 0 Å². The minimum Gasteiger partial charge on any atom is -0.507 e. The van der Waals surface area contributed by atoms with Crippen LogP contribution in [0.4, 0.5) is 0 Å². The van der Waals surface area contributed by atoms with Gasteiger partial charge in [0.15, 0.2) is 0 Å². The molecule has 0 heterocycles. The van der Waals surface area contributed by atoms with Gasteiger partial charge < -0.3 is 24.4 Å². The molecule has 0 radical (unpaired) electrons. The number of benzene rings is 2. The predicted molar refractivity (Wildman–Crippen MR) is 79.7 cm³/mol. The molecule has 2 N–H and O–H groups in total. The third kappa shape index (κ3) is 2.50. The lowest BCUT2D eigenvalue weighted by Crippen LogP contribution is -2.06. The average molecular weight is 304 g/mol. The van der Waals surface area contributed by atoms with Crippen molar-refractivity contribution in [3.05, 3.63) is 35.9 Å². The van der Waals surface area contributed by atoms with Crippen molar-refractivity contribution in [1.82, 2.24) is 0 Å². The molecule has 0 spiro atoms. The molecule has 0 saturated heterocycles. The van der Waals surface area contributed by atoms with Gasteiger partial charge in [0, 0.05) is 0 Å². The van der Waals surface area contributed by atoms with Crippen LogP contribution in [0.3, 0.4) is 0 Å². The molecule has 6 heteroatoms. The smallest absolute Gasteiger partial charge is 0.341 e. The maximum atomic E-state index is 11.9. The van der Waals surface area contributed by atoms with E-state index in [-0.39, 0.29) is 33.9 Å². The monoisotopic (exact) mass is 304 g/mol. The van der Waals surface area contributed by atoms with Gasteiger partial charge in [0.25, 0.3) is 0 Å². The van der Waals surface area contributed by atoms with Crippen LogP contribution in [0.15, 0.2) is 30.3 Å². The van der Waals surface area contributed by atoms with Crippen LogP contribution in [0.25, 0.3) is 11.1 Å². The fourth-order valence-electron chi connectivity index (χ4n) is 2.24. The molecule has 116 valence electrons. The van der Waals surface area contributed by atoms with Crippen LogP contribution in [-0.4, -0.2) is 37.5 Å². The van der Waals surface area contributed by atoms with E-state index in [0.717, 1.165) is 0 Å². The Morgan fingerprint density at radius 2 is 1.55 bits per heavy atom. The largest absolute Gasteiger partial charge is 0.507 e. The van der Waals surface area contributed by atoms with Gasteiger partial charge in [-0.05, 0) is 24.3 Å². The first-order valence-electron chi connectivity index (χ1n) is 6.39. The number of phenolic OH excluding ortho intramolecular Hbond substituents is 2. The Kier molecular flexibility index (Phi) is 4.41. The molecule has 0 saturated carbocycles. The lowest BCUT2D eigenvalue weighted by molar-refractivity contribution is 0.0597. The summed E-state index contributed by atoms with van der Waals surface area (Å²) in [7, 11) is 4.07. The highest BCUT2D eigenvalue weighted by Crippen LogP contribution is 2.48. The van der Waals surface area contributed by atoms with Crippen molar-refractivity contribution < 1.29 is 29.2 Å². The minimum atomic E-state index is -0.601. The van der Waals surface area contributed by atoms with E-state index >= 15 is 0 Å². The van der Waals surface area contributed by atoms with Crippen molar-refractivity contribution in [2.75, 3.05) is 21.3 Å². The van der Waals surface area contributed by atoms with Crippen molar-refractivity contribution in [3.63, 3.8) is 0 Å². The molecular weight excluding hydrogens is 288 g/mol. The zero-order chi connectivity index (χ0) is 16.3. The van der Waals surface area contributed by atoms with Crippen molar-refractivity contribution in [2.24, 2.45) is 0 Å². The standard InChI is InChI=1S/C16H16O6/c1-20-12-8-7-9(16(19)22-3)15(21-2)14(12)13-10(17)5-4-6-11(13)18/h4-8,17-18H,1-3H3. The first-order chi connectivity index (χ1) is 10.5. The van der Waals surface area contributed by atoms with Gasteiger partial charge >= 0.3 is 5.97 Å². The van der Waals surface area contributed by atoms with Crippen LogP contribution in [0.2, 0.25) is 0 Å². The summed E-state index contributed by atoms with van der Waals surface area (Å²) in [5.41, 5.74) is 0.536. The van der Waals surface area contributed by atoms with E-state index in [9.17, 15) is 15.0 Å². The molecule has 0 unspecified atom stereocenters. The number of hydrogen-bond acceptors (Lipinski definition) is 6. The van der Waals surface area contributed by atoms with Gasteiger partial charge in [-0.15, -0.1) is 0 Å². The highest BCUT2D eigenvalue weighted by molar-refractivity contribution is 5.98. The first-order valence-corrected chi connectivity index (χ1v) is 6.39. The quantitative estimate of drug-likeness (QED) is 0.844. The molecule has 22 heavy (non-hydrogen) atoms. The fraction of sp³-hybridized carbons (Fsp3) is 0.188. The molecule has 0 aromatic heterocycles. The molecule has 2 aromatic carbocycles. The van der Waals surface area contributed by atoms with Crippen LogP contribution in [0.5, 0.6) is 23.0 Å². The molecule has 0 aliphatic heterocycles. The Bertz CT molecular complexity index is 688. The predicted octanol–water partition coefficient (Wildman–Crippen LogP) is 2.57. The molecule has 2 aromatic rings. The third-order valence-electron chi connectivity index (χ3n) is 3.22. The van der Waals surface area contributed by atoms with Gasteiger partial charge in [0.2, 0.25) is 0 Å². The highest BCUT2D eigenvalue weighted by Gasteiger charge is 2.25. The Labute approximate surface area is 127 Å². The highest BCUT2D eigenvalue weighted by atomic mass is 16.5. The molecule has 0 bridgehead atoms. The van der Waals surface area contributed by atoms with Gasteiger partial charge in [-0.25, -0.2) is 4.79 Å². The van der Waals surface area contributed by atoms with E-state index in [1.165, 1.54) is 51.7 Å². The van der Waals surface area contributed by atoms with Gasteiger partial charge in [-0.3, -0.25) is 0 Å². The van der Waals surface area contributed by atoms with E-state index in [2.05, 4.69) is 0 Å². The number of carbonyl (C=O) groups excluding carboxylic acids is 1. The van der Waals surface area contributed by atoms with E-state index in [1.807, 2.05) is 0 Å². The topological polar surface area (TPSA) is 85.2 Å². The molecule has 0 amide bonds.